The van der Waals surface area contributed by atoms with Crippen LogP contribution in [0.3, 0.4) is 0 Å². The number of hydrogen-bond acceptors (Lipinski definition) is 3. The molecule has 98 valence electrons. The summed E-state index contributed by atoms with van der Waals surface area (Å²) in [5.74, 6) is 4.43. The van der Waals surface area contributed by atoms with E-state index in [4.69, 9.17) is 4.74 Å². The fourth-order valence-electron chi connectivity index (χ4n) is 2.02. The van der Waals surface area contributed by atoms with Crippen LogP contribution in [0.4, 0.5) is 0 Å². The molecule has 1 aromatic rings. The smallest absolute Gasteiger partial charge is 0.119 e. The average Bonchev–Trinajstić information content (AvgIpc) is 2.91. The van der Waals surface area contributed by atoms with Gasteiger partial charge < -0.3 is 10.1 Å². The van der Waals surface area contributed by atoms with E-state index in [1.54, 1.807) is 6.08 Å². The van der Waals surface area contributed by atoms with E-state index in [0.717, 1.165) is 24.8 Å². The standard InChI is InChI=1S/C15H21NOS/c1-2-8-17-15-5-3-13(4-6-15)10-16-11-14-7-9-18-12-14/h2-6,14,16H,1,7-12H2. The highest BCUT2D eigenvalue weighted by atomic mass is 32.2. The molecule has 1 heterocycles. The van der Waals surface area contributed by atoms with Crippen LogP contribution in [0.5, 0.6) is 5.75 Å². The Morgan fingerprint density at radius 3 is 2.89 bits per heavy atom. The molecule has 0 aromatic heterocycles. The second kappa shape index (κ2) is 7.49. The minimum absolute atomic E-state index is 0.566. The van der Waals surface area contributed by atoms with Gasteiger partial charge >= 0.3 is 0 Å². The highest BCUT2D eigenvalue weighted by Gasteiger charge is 2.14. The van der Waals surface area contributed by atoms with Crippen LogP contribution < -0.4 is 10.1 Å². The van der Waals surface area contributed by atoms with Crippen LogP contribution in [0.2, 0.25) is 0 Å². The number of nitrogens with one attached hydrogen (secondary N) is 1. The zero-order valence-corrected chi connectivity index (χ0v) is 11.5. The minimum Gasteiger partial charge on any atom is -0.490 e. The first kappa shape index (κ1) is 13.5. The summed E-state index contributed by atoms with van der Waals surface area (Å²) in [5.41, 5.74) is 1.31. The van der Waals surface area contributed by atoms with Crippen molar-refractivity contribution >= 4 is 11.8 Å². The van der Waals surface area contributed by atoms with Crippen molar-refractivity contribution in [2.24, 2.45) is 5.92 Å². The molecule has 2 nitrogen and oxygen atoms in total. The minimum atomic E-state index is 0.566. The summed E-state index contributed by atoms with van der Waals surface area (Å²) in [6.45, 7) is 6.29. The molecule has 1 aliphatic rings. The SMILES string of the molecule is C=CCOc1ccc(CNCC2CCSC2)cc1. The van der Waals surface area contributed by atoms with Gasteiger partial charge in [-0.2, -0.15) is 11.8 Å². The fourth-order valence-corrected chi connectivity index (χ4v) is 3.31. The Bertz CT molecular complexity index is 357. The summed E-state index contributed by atoms with van der Waals surface area (Å²) in [6, 6.07) is 8.28. The number of hydrogen-bond donors (Lipinski definition) is 1. The second-order valence-electron chi connectivity index (χ2n) is 4.60. The zero-order chi connectivity index (χ0) is 12.6. The summed E-state index contributed by atoms with van der Waals surface area (Å²) in [6.07, 6.45) is 3.13. The van der Waals surface area contributed by atoms with Crippen LogP contribution in [-0.4, -0.2) is 24.7 Å². The lowest BCUT2D eigenvalue weighted by atomic mass is 10.1. The summed E-state index contributed by atoms with van der Waals surface area (Å²) >= 11 is 2.07. The maximum atomic E-state index is 5.45. The van der Waals surface area contributed by atoms with Crippen LogP contribution >= 0.6 is 11.8 Å². The molecule has 0 spiro atoms. The van der Waals surface area contributed by atoms with E-state index in [2.05, 4.69) is 35.8 Å². The van der Waals surface area contributed by atoms with E-state index in [1.165, 1.54) is 23.5 Å². The summed E-state index contributed by atoms with van der Waals surface area (Å²) in [7, 11) is 0. The third-order valence-corrected chi connectivity index (χ3v) is 4.31. The van der Waals surface area contributed by atoms with Crippen LogP contribution in [-0.2, 0) is 6.54 Å². The van der Waals surface area contributed by atoms with Crippen molar-refractivity contribution in [2.75, 3.05) is 24.7 Å². The van der Waals surface area contributed by atoms with Gasteiger partial charge in [0.2, 0.25) is 0 Å². The van der Waals surface area contributed by atoms with Crippen molar-refractivity contribution in [3.8, 4) is 5.75 Å². The van der Waals surface area contributed by atoms with E-state index < -0.39 is 0 Å². The average molecular weight is 263 g/mol. The molecule has 1 saturated heterocycles. The van der Waals surface area contributed by atoms with E-state index >= 15 is 0 Å². The molecular weight excluding hydrogens is 242 g/mol. The highest BCUT2D eigenvalue weighted by Crippen LogP contribution is 2.22. The quantitative estimate of drug-likeness (QED) is 0.764. The van der Waals surface area contributed by atoms with Gasteiger partial charge in [-0.15, -0.1) is 0 Å². The summed E-state index contributed by atoms with van der Waals surface area (Å²) in [4.78, 5) is 0. The van der Waals surface area contributed by atoms with Gasteiger partial charge in [-0.25, -0.2) is 0 Å². The number of rotatable bonds is 7. The second-order valence-corrected chi connectivity index (χ2v) is 5.75. The number of ether oxygens (including phenoxy) is 1. The van der Waals surface area contributed by atoms with Crippen LogP contribution in [0.25, 0.3) is 0 Å². The van der Waals surface area contributed by atoms with Crippen LogP contribution in [0.1, 0.15) is 12.0 Å². The predicted octanol–water partition coefficient (Wildman–Crippen LogP) is 3.09. The van der Waals surface area contributed by atoms with Gasteiger partial charge in [0.05, 0.1) is 0 Å². The van der Waals surface area contributed by atoms with E-state index in [1.807, 2.05) is 12.1 Å². The highest BCUT2D eigenvalue weighted by molar-refractivity contribution is 7.99. The van der Waals surface area contributed by atoms with Gasteiger partial charge in [0.1, 0.15) is 12.4 Å². The number of thioether (sulfide) groups is 1. The Hall–Kier alpha value is -0.930. The fraction of sp³-hybridized carbons (Fsp3) is 0.467. The first-order chi connectivity index (χ1) is 8.88. The Morgan fingerprint density at radius 1 is 1.39 bits per heavy atom. The maximum absolute atomic E-state index is 5.45. The van der Waals surface area contributed by atoms with Crippen molar-refractivity contribution < 1.29 is 4.74 Å². The molecule has 3 heteroatoms. The van der Waals surface area contributed by atoms with Gasteiger partial charge in [-0.3, -0.25) is 0 Å². The van der Waals surface area contributed by atoms with E-state index in [0.29, 0.717) is 6.61 Å². The molecule has 1 unspecified atom stereocenters. The van der Waals surface area contributed by atoms with Crippen molar-refractivity contribution in [1.82, 2.24) is 5.32 Å². The van der Waals surface area contributed by atoms with E-state index in [-0.39, 0.29) is 0 Å². The van der Waals surface area contributed by atoms with Crippen LogP contribution in [0.15, 0.2) is 36.9 Å². The first-order valence-electron chi connectivity index (χ1n) is 6.49. The summed E-state index contributed by atoms with van der Waals surface area (Å²) < 4.78 is 5.45. The van der Waals surface area contributed by atoms with Crippen molar-refractivity contribution in [3.63, 3.8) is 0 Å². The van der Waals surface area contributed by atoms with Crippen LogP contribution in [0, 0.1) is 5.92 Å². The molecule has 1 N–H and O–H groups in total. The monoisotopic (exact) mass is 263 g/mol. The molecule has 0 radical (unpaired) electrons. The van der Waals surface area contributed by atoms with E-state index in [9.17, 15) is 0 Å². The Balaban J connectivity index is 1.70. The van der Waals surface area contributed by atoms with Gasteiger partial charge in [0.25, 0.3) is 0 Å². The van der Waals surface area contributed by atoms with Crippen molar-refractivity contribution in [2.45, 2.75) is 13.0 Å². The Labute approximate surface area is 114 Å². The molecule has 1 aliphatic heterocycles. The molecule has 18 heavy (non-hydrogen) atoms. The molecule has 1 atom stereocenters. The van der Waals surface area contributed by atoms with Crippen molar-refractivity contribution in [1.29, 1.82) is 0 Å². The molecule has 0 bridgehead atoms. The normalized spacial score (nSPS) is 18.8. The maximum Gasteiger partial charge on any atom is 0.119 e. The molecular formula is C15H21NOS. The largest absolute Gasteiger partial charge is 0.490 e. The molecule has 0 saturated carbocycles. The Morgan fingerprint density at radius 2 is 2.22 bits per heavy atom. The lowest BCUT2D eigenvalue weighted by molar-refractivity contribution is 0.363. The third-order valence-electron chi connectivity index (χ3n) is 3.08. The van der Waals surface area contributed by atoms with Gasteiger partial charge in [-0.05, 0) is 48.1 Å². The van der Waals surface area contributed by atoms with Crippen molar-refractivity contribution in [3.05, 3.63) is 42.5 Å². The van der Waals surface area contributed by atoms with Gasteiger partial charge in [-0.1, -0.05) is 24.8 Å². The molecule has 2 rings (SSSR count). The molecule has 0 aliphatic carbocycles. The lowest BCUT2D eigenvalue weighted by Crippen LogP contribution is -2.22. The summed E-state index contributed by atoms with van der Waals surface area (Å²) in [5, 5.41) is 3.54. The molecule has 1 aromatic carbocycles. The topological polar surface area (TPSA) is 21.3 Å². The third kappa shape index (κ3) is 4.39. The first-order valence-corrected chi connectivity index (χ1v) is 7.65. The van der Waals surface area contributed by atoms with Gasteiger partial charge in [0.15, 0.2) is 0 Å². The zero-order valence-electron chi connectivity index (χ0n) is 10.7. The molecule has 0 amide bonds. The predicted molar refractivity (Wildman–Crippen MR) is 79.3 cm³/mol. The lowest BCUT2D eigenvalue weighted by Gasteiger charge is -2.10. The Kier molecular flexibility index (Phi) is 5.62. The van der Waals surface area contributed by atoms with Gasteiger partial charge in [0, 0.05) is 6.54 Å². The molecule has 1 fully saturated rings. The number of benzene rings is 1.